The number of fused-ring (bicyclic) bond motifs is 6. The van der Waals surface area contributed by atoms with Gasteiger partial charge in [0, 0.05) is 28.7 Å². The van der Waals surface area contributed by atoms with Crippen LogP contribution in [0.2, 0.25) is 0 Å². The molecule has 2 heterocycles. The molecule has 0 saturated heterocycles. The minimum Gasteiger partial charge on any atom is -0.507 e. The van der Waals surface area contributed by atoms with Crippen LogP contribution in [-0.2, 0) is 41.8 Å². The number of allylic oxidation sites excluding steroid dienone is 4. The number of carboxylic acid groups (broad SMARTS) is 1. The monoisotopic (exact) mass is 1280 g/mol. The minimum atomic E-state index is -0.983. The molecule has 488 valence electrons. The smallest absolute Gasteiger partial charge is 0.339 e. The first-order valence-electron chi connectivity index (χ1n) is 31.4. The highest BCUT2D eigenvalue weighted by Crippen LogP contribution is 2.38. The van der Waals surface area contributed by atoms with Crippen molar-refractivity contribution in [3.05, 3.63) is 288 Å². The molecule has 15 heteroatoms. The van der Waals surface area contributed by atoms with Gasteiger partial charge in [-0.1, -0.05) is 242 Å². The number of nitrogens with zero attached hydrogens (tertiary/aromatic N) is 2. The van der Waals surface area contributed by atoms with E-state index in [2.05, 4.69) is 4.99 Å². The van der Waals surface area contributed by atoms with Crippen molar-refractivity contribution in [2.45, 2.75) is 79.0 Å². The first-order valence-corrected chi connectivity index (χ1v) is 31.4. The number of hydrogen-bond acceptors (Lipinski definition) is 14. The number of carbonyl (C=O) groups excluding carboxylic acids is 2. The third-order valence-corrected chi connectivity index (χ3v) is 14.8. The van der Waals surface area contributed by atoms with Gasteiger partial charge in [-0.15, -0.1) is 0 Å². The molecular weight excluding hydrogens is 1200 g/mol. The zero-order chi connectivity index (χ0) is 68.2. The molecule has 0 amide bonds. The summed E-state index contributed by atoms with van der Waals surface area (Å²) in [5.41, 5.74) is 4.47. The van der Waals surface area contributed by atoms with Crippen molar-refractivity contribution in [2.24, 2.45) is 9.98 Å². The van der Waals surface area contributed by atoms with Gasteiger partial charge >= 0.3 is 17.9 Å². The number of hydrogen-bond donors (Lipinski definition) is 4. The van der Waals surface area contributed by atoms with Crippen LogP contribution in [-0.4, -0.2) is 95.8 Å². The highest BCUT2D eigenvalue weighted by Gasteiger charge is 2.39. The number of aromatic carboxylic acids is 1. The molecule has 15 nitrogen and oxygen atoms in total. The van der Waals surface area contributed by atoms with Crippen molar-refractivity contribution >= 4 is 72.8 Å². The van der Waals surface area contributed by atoms with Gasteiger partial charge in [0.1, 0.15) is 66.1 Å². The predicted molar refractivity (Wildman–Crippen MR) is 379 cm³/mol. The van der Waals surface area contributed by atoms with Gasteiger partial charge in [0.05, 0.1) is 36.5 Å². The van der Waals surface area contributed by atoms with Gasteiger partial charge in [-0.05, 0) is 81.2 Å². The van der Waals surface area contributed by atoms with Crippen LogP contribution in [0.4, 0.5) is 0 Å². The number of ether oxygens (including phenoxy) is 6. The minimum absolute atomic E-state index is 0.123. The Labute approximate surface area is 554 Å². The van der Waals surface area contributed by atoms with Gasteiger partial charge in [-0.25, -0.2) is 24.4 Å². The number of phenols is 2. The SMILES string of the molecule is CC.CC.CC.CO.COC(=O)C1=CC=CC2OC(c3ccc4ccccc4c3O)=NC12.COC(=O)C1=CC=CC2OC(c3ccc4ccccc4c3OCc3ccccc3)=NC12.O=C(O)c1ccc2ccccc2c1OCc1ccccc1.Oc1cccc2ccccc12. The van der Waals surface area contributed by atoms with E-state index in [1.807, 2.05) is 242 Å². The van der Waals surface area contributed by atoms with Gasteiger partial charge in [0.15, 0.2) is 0 Å². The van der Waals surface area contributed by atoms with E-state index in [0.29, 0.717) is 59.0 Å². The highest BCUT2D eigenvalue weighted by atomic mass is 16.5. The van der Waals surface area contributed by atoms with Gasteiger partial charge in [-0.3, -0.25) is 0 Å². The van der Waals surface area contributed by atoms with Gasteiger partial charge in [0.2, 0.25) is 11.8 Å². The second-order valence-corrected chi connectivity index (χ2v) is 20.3. The summed E-state index contributed by atoms with van der Waals surface area (Å²) in [6.45, 7) is 12.8. The maximum atomic E-state index is 12.2. The number of aliphatic hydroxyl groups is 1. The number of benzene rings is 10. The Morgan fingerprint density at radius 2 is 0.811 bits per heavy atom. The molecule has 4 N–H and O–H groups in total. The quantitative estimate of drug-likeness (QED) is 0.0889. The summed E-state index contributed by atoms with van der Waals surface area (Å²) in [4.78, 5) is 44.7. The Hall–Kier alpha value is -11.3. The van der Waals surface area contributed by atoms with Crippen LogP contribution in [0.15, 0.2) is 270 Å². The van der Waals surface area contributed by atoms with E-state index in [0.717, 1.165) is 66.9 Å². The first kappa shape index (κ1) is 71.2. The lowest BCUT2D eigenvalue weighted by molar-refractivity contribution is -0.137. The van der Waals surface area contributed by atoms with Crippen LogP contribution in [0.25, 0.3) is 43.1 Å². The van der Waals surface area contributed by atoms with Crippen molar-refractivity contribution in [1.29, 1.82) is 0 Å². The van der Waals surface area contributed by atoms with E-state index in [4.69, 9.17) is 38.5 Å². The van der Waals surface area contributed by atoms with Crippen molar-refractivity contribution < 1.29 is 63.2 Å². The van der Waals surface area contributed by atoms with E-state index in [1.54, 1.807) is 48.6 Å². The largest absolute Gasteiger partial charge is 0.507 e. The van der Waals surface area contributed by atoms with Crippen molar-refractivity contribution in [3.63, 3.8) is 0 Å². The van der Waals surface area contributed by atoms with E-state index >= 15 is 0 Å². The number of methoxy groups -OCH3 is 2. The summed E-state index contributed by atoms with van der Waals surface area (Å²) in [6, 6.07) is 66.4. The molecular formula is C80H80N2O13. The Kier molecular flexibility index (Phi) is 27.0. The van der Waals surface area contributed by atoms with Gasteiger partial charge in [-0.2, -0.15) is 0 Å². The Balaban J connectivity index is 0.000000180. The van der Waals surface area contributed by atoms with Gasteiger partial charge in [0.25, 0.3) is 0 Å². The number of carboxylic acids is 1. The number of aliphatic imine (C=N–C) groups is 2. The fourth-order valence-electron chi connectivity index (χ4n) is 10.5. The molecule has 0 saturated carbocycles. The van der Waals surface area contributed by atoms with E-state index in [-0.39, 0.29) is 23.5 Å². The highest BCUT2D eigenvalue weighted by molar-refractivity contribution is 6.07. The normalized spacial score (nSPS) is 15.5. The summed E-state index contributed by atoms with van der Waals surface area (Å²) in [5, 5.41) is 43.8. The van der Waals surface area contributed by atoms with Crippen molar-refractivity contribution in [3.8, 4) is 23.0 Å². The fourth-order valence-corrected chi connectivity index (χ4v) is 10.5. The molecule has 0 fully saturated rings. The Morgan fingerprint density at radius 3 is 1.28 bits per heavy atom. The molecule has 0 radical (unpaired) electrons. The Bertz CT molecular complexity index is 4400. The summed E-state index contributed by atoms with van der Waals surface area (Å²) < 4.78 is 33.9. The standard InChI is InChI=1S/C26H21NO4.C19H15NO4.C18H14O3.C10H8O.3C2H6.CH4O/c1-29-26(28)20-12-7-13-22-23(20)27-25(31-22)21-15-14-18-10-5-6-11-19(18)24(21)30-16-17-8-3-2-4-9-17;1-23-19(22)13-7-4-8-15-16(13)20-18(24-15)14-10-9-11-5-2-3-6-12(11)17(14)21;19-18(20)16-11-10-14-8-4-5-9-15(14)17(16)21-12-13-6-2-1-3-7-13;11-10-7-3-5-8-4-1-2-6-9(8)10;4*1-2/h2-15,22-23H,16H2,1H3;2-10,15-16,21H,1H3;1-11H,12H2,(H,19,20);1-7,11H;3*1-2H3;2H,1H3. The molecule has 2 aliphatic carbocycles. The maximum Gasteiger partial charge on any atom is 0.339 e. The van der Waals surface area contributed by atoms with Crippen LogP contribution in [0, 0.1) is 0 Å². The number of aromatic hydroxyl groups is 2. The number of aliphatic hydroxyl groups excluding tert-OH is 1. The van der Waals surface area contributed by atoms with Crippen molar-refractivity contribution in [1.82, 2.24) is 0 Å². The second kappa shape index (κ2) is 36.1. The topological polar surface area (TPSA) is 212 Å². The fraction of sp³-hybridized carbons (Fsp3) is 0.188. The van der Waals surface area contributed by atoms with Crippen LogP contribution >= 0.6 is 0 Å². The molecule has 0 aromatic heterocycles. The number of rotatable bonds is 11. The summed E-state index contributed by atoms with van der Waals surface area (Å²) in [5.74, 6) is 0.596. The van der Waals surface area contributed by atoms with Crippen LogP contribution in [0.1, 0.15) is 74.2 Å². The second-order valence-electron chi connectivity index (χ2n) is 20.3. The molecule has 0 spiro atoms. The molecule has 4 atom stereocenters. The third-order valence-electron chi connectivity index (χ3n) is 14.8. The maximum absolute atomic E-state index is 12.2. The van der Waals surface area contributed by atoms with Crippen molar-refractivity contribution in [2.75, 3.05) is 21.3 Å². The van der Waals surface area contributed by atoms with E-state index < -0.39 is 30.0 Å². The summed E-state index contributed by atoms with van der Waals surface area (Å²) >= 11 is 0. The molecule has 0 bridgehead atoms. The lowest BCUT2D eigenvalue weighted by atomic mass is 9.97. The summed E-state index contributed by atoms with van der Waals surface area (Å²) in [6.07, 6.45) is 10.0. The summed E-state index contributed by atoms with van der Waals surface area (Å²) in [7, 11) is 3.71. The average Bonchev–Trinajstić information content (AvgIpc) is 1.72. The molecule has 95 heavy (non-hydrogen) atoms. The predicted octanol–water partition coefficient (Wildman–Crippen LogP) is 16.7. The van der Waals surface area contributed by atoms with Crippen LogP contribution < -0.4 is 9.47 Å². The number of esters is 2. The molecule has 4 aliphatic rings. The first-order chi connectivity index (χ1) is 46.6. The zero-order valence-corrected chi connectivity index (χ0v) is 54.8. The molecule has 4 unspecified atom stereocenters. The molecule has 10 aromatic carbocycles. The van der Waals surface area contributed by atoms with E-state index in [9.17, 15) is 29.7 Å². The number of carbonyl (C=O) groups is 3. The third kappa shape index (κ3) is 17.5. The lowest BCUT2D eigenvalue weighted by Crippen LogP contribution is -2.28. The molecule has 14 rings (SSSR count). The van der Waals surface area contributed by atoms with Gasteiger partial charge < -0.3 is 48.8 Å². The van der Waals surface area contributed by atoms with Crippen LogP contribution in [0.5, 0.6) is 23.0 Å². The lowest BCUT2D eigenvalue weighted by Gasteiger charge is -2.18. The zero-order valence-electron chi connectivity index (χ0n) is 54.8. The molecule has 10 aromatic rings. The van der Waals surface area contributed by atoms with Crippen LogP contribution in [0.3, 0.4) is 0 Å². The molecule has 2 aliphatic heterocycles. The number of phenolic OH excluding ortho intramolecular Hbond substituents is 2. The van der Waals surface area contributed by atoms with E-state index in [1.165, 1.54) is 14.2 Å². The average molecular weight is 1280 g/mol. The Morgan fingerprint density at radius 1 is 0.432 bits per heavy atom.